The van der Waals surface area contributed by atoms with E-state index in [9.17, 15) is 9.59 Å². The molecule has 1 aliphatic carbocycles. The third kappa shape index (κ3) is 3.65. The first-order chi connectivity index (χ1) is 12.7. The average Bonchev–Trinajstić information content (AvgIpc) is 3.37. The Balaban J connectivity index is 1.27. The zero-order valence-electron chi connectivity index (χ0n) is 14.8. The van der Waals surface area contributed by atoms with Crippen molar-refractivity contribution < 1.29 is 9.59 Å². The number of Topliss-reactive ketones (excluding diaryl/α,β-unsaturated/α-hetero) is 1. The normalized spacial score (nSPS) is 16.6. The highest BCUT2D eigenvalue weighted by Crippen LogP contribution is 2.24. The Morgan fingerprint density at radius 3 is 2.62 bits per heavy atom. The van der Waals surface area contributed by atoms with E-state index in [0.717, 1.165) is 36.6 Å². The average molecular weight is 369 g/mol. The van der Waals surface area contributed by atoms with Gasteiger partial charge in [0.2, 0.25) is 5.91 Å². The fourth-order valence-corrected chi connectivity index (χ4v) is 4.48. The van der Waals surface area contributed by atoms with Gasteiger partial charge in [0.15, 0.2) is 10.9 Å². The second kappa shape index (κ2) is 7.58. The van der Waals surface area contributed by atoms with Crippen molar-refractivity contribution in [2.45, 2.75) is 32.1 Å². The standard InChI is InChI=1S/C20H23N3O2S/c24-18(17-5-4-15-2-1-3-16(15)14-17)6-7-19(25)22-9-11-23(12-10-22)20-21-8-13-26-20/h4-5,8,13-14H,1-3,6-7,9-12H2. The number of rotatable bonds is 5. The second-order valence-electron chi connectivity index (χ2n) is 6.94. The van der Waals surface area contributed by atoms with Crippen LogP contribution in [-0.2, 0) is 17.6 Å². The van der Waals surface area contributed by atoms with Crippen molar-refractivity contribution in [3.63, 3.8) is 0 Å². The third-order valence-corrected chi connectivity index (χ3v) is 6.14. The van der Waals surface area contributed by atoms with Crippen LogP contribution in [0.2, 0.25) is 0 Å². The Hall–Kier alpha value is -2.21. The van der Waals surface area contributed by atoms with Crippen molar-refractivity contribution in [1.29, 1.82) is 0 Å². The van der Waals surface area contributed by atoms with E-state index < -0.39 is 0 Å². The van der Waals surface area contributed by atoms with Gasteiger partial charge >= 0.3 is 0 Å². The molecule has 0 saturated carbocycles. The quantitative estimate of drug-likeness (QED) is 0.761. The first-order valence-electron chi connectivity index (χ1n) is 9.28. The number of benzene rings is 1. The Morgan fingerprint density at radius 2 is 1.85 bits per heavy atom. The molecule has 136 valence electrons. The van der Waals surface area contributed by atoms with Crippen molar-refractivity contribution >= 4 is 28.2 Å². The van der Waals surface area contributed by atoms with Crippen molar-refractivity contribution in [2.24, 2.45) is 0 Å². The predicted molar refractivity (Wildman–Crippen MR) is 103 cm³/mol. The van der Waals surface area contributed by atoms with E-state index in [4.69, 9.17) is 0 Å². The van der Waals surface area contributed by atoms with Gasteiger partial charge in [-0.3, -0.25) is 9.59 Å². The molecule has 2 aliphatic rings. The highest BCUT2D eigenvalue weighted by Gasteiger charge is 2.23. The highest BCUT2D eigenvalue weighted by molar-refractivity contribution is 7.13. The molecule has 1 saturated heterocycles. The first kappa shape index (κ1) is 17.2. The van der Waals surface area contributed by atoms with Gasteiger partial charge in [0.25, 0.3) is 0 Å². The van der Waals surface area contributed by atoms with Crippen LogP contribution in [0.1, 0.15) is 40.7 Å². The SMILES string of the molecule is O=C(CCC(=O)N1CCN(c2nccs2)CC1)c1ccc2c(c1)CCC2. The smallest absolute Gasteiger partial charge is 0.223 e. The molecule has 0 N–H and O–H groups in total. The number of aromatic nitrogens is 1. The molecule has 0 atom stereocenters. The Morgan fingerprint density at radius 1 is 1.04 bits per heavy atom. The van der Waals surface area contributed by atoms with Gasteiger partial charge in [-0.15, -0.1) is 11.3 Å². The number of thiazole rings is 1. The number of hydrogen-bond donors (Lipinski definition) is 0. The van der Waals surface area contributed by atoms with Crippen LogP contribution in [0.3, 0.4) is 0 Å². The maximum absolute atomic E-state index is 12.5. The van der Waals surface area contributed by atoms with Crippen molar-refractivity contribution in [1.82, 2.24) is 9.88 Å². The fourth-order valence-electron chi connectivity index (χ4n) is 3.79. The molecule has 4 rings (SSSR count). The van der Waals surface area contributed by atoms with Crippen LogP contribution in [0.5, 0.6) is 0 Å². The Kier molecular flexibility index (Phi) is 5.02. The summed E-state index contributed by atoms with van der Waals surface area (Å²) in [5.74, 6) is 0.160. The zero-order valence-corrected chi connectivity index (χ0v) is 15.6. The van der Waals surface area contributed by atoms with E-state index in [-0.39, 0.29) is 11.7 Å². The van der Waals surface area contributed by atoms with Gasteiger partial charge in [0.1, 0.15) is 0 Å². The maximum Gasteiger partial charge on any atom is 0.223 e. The van der Waals surface area contributed by atoms with E-state index in [0.29, 0.717) is 25.9 Å². The van der Waals surface area contributed by atoms with E-state index in [1.165, 1.54) is 17.5 Å². The Bertz CT molecular complexity index is 795. The summed E-state index contributed by atoms with van der Waals surface area (Å²) in [6.07, 6.45) is 5.77. The Labute approximate surface area is 157 Å². The zero-order chi connectivity index (χ0) is 17.9. The van der Waals surface area contributed by atoms with Crippen LogP contribution in [0.25, 0.3) is 0 Å². The summed E-state index contributed by atoms with van der Waals surface area (Å²) in [5, 5.41) is 2.99. The number of anilines is 1. The molecule has 2 aromatic rings. The summed E-state index contributed by atoms with van der Waals surface area (Å²) >= 11 is 1.63. The summed E-state index contributed by atoms with van der Waals surface area (Å²) in [7, 11) is 0. The number of piperazine rings is 1. The fraction of sp³-hybridized carbons (Fsp3) is 0.450. The summed E-state index contributed by atoms with van der Waals surface area (Å²) in [4.78, 5) is 33.3. The summed E-state index contributed by atoms with van der Waals surface area (Å²) in [5.41, 5.74) is 3.43. The van der Waals surface area contributed by atoms with E-state index in [1.54, 1.807) is 11.3 Å². The van der Waals surface area contributed by atoms with E-state index >= 15 is 0 Å². The van der Waals surface area contributed by atoms with Crippen molar-refractivity contribution in [3.8, 4) is 0 Å². The molecule has 6 heteroatoms. The molecule has 0 spiro atoms. The number of aryl methyl sites for hydroxylation is 2. The second-order valence-corrected chi connectivity index (χ2v) is 7.82. The van der Waals surface area contributed by atoms with Crippen molar-refractivity contribution in [2.75, 3.05) is 31.1 Å². The molecule has 1 aliphatic heterocycles. The summed E-state index contributed by atoms with van der Waals surface area (Å²) in [6, 6.07) is 6.03. The summed E-state index contributed by atoms with van der Waals surface area (Å²) in [6.45, 7) is 3.01. The van der Waals surface area contributed by atoms with Crippen LogP contribution in [-0.4, -0.2) is 47.8 Å². The molecule has 1 aromatic heterocycles. The lowest BCUT2D eigenvalue weighted by molar-refractivity contribution is -0.131. The van der Waals surface area contributed by atoms with Gasteiger partial charge in [0.05, 0.1) is 0 Å². The molecule has 0 bridgehead atoms. The topological polar surface area (TPSA) is 53.5 Å². The molecule has 1 aromatic carbocycles. The number of fused-ring (bicyclic) bond motifs is 1. The number of hydrogen-bond acceptors (Lipinski definition) is 5. The molecule has 2 heterocycles. The molecule has 0 unspecified atom stereocenters. The molecule has 5 nitrogen and oxygen atoms in total. The van der Waals surface area contributed by atoms with Gasteiger partial charge in [-0.2, -0.15) is 0 Å². The number of nitrogens with zero attached hydrogens (tertiary/aromatic N) is 3. The van der Waals surface area contributed by atoms with Crippen LogP contribution in [0.15, 0.2) is 29.8 Å². The monoisotopic (exact) mass is 369 g/mol. The molecular formula is C20H23N3O2S. The predicted octanol–water partition coefficient (Wildman–Crippen LogP) is 2.94. The lowest BCUT2D eigenvalue weighted by Gasteiger charge is -2.34. The molecule has 26 heavy (non-hydrogen) atoms. The lowest BCUT2D eigenvalue weighted by Crippen LogP contribution is -2.48. The molecule has 0 radical (unpaired) electrons. The molecular weight excluding hydrogens is 346 g/mol. The van der Waals surface area contributed by atoms with Crippen LogP contribution < -0.4 is 4.90 Å². The largest absolute Gasteiger partial charge is 0.345 e. The molecule has 1 fully saturated rings. The van der Waals surface area contributed by atoms with Gasteiger partial charge < -0.3 is 9.80 Å². The van der Waals surface area contributed by atoms with Gasteiger partial charge in [-0.05, 0) is 36.5 Å². The minimum Gasteiger partial charge on any atom is -0.345 e. The van der Waals surface area contributed by atoms with Crippen LogP contribution >= 0.6 is 11.3 Å². The summed E-state index contributed by atoms with van der Waals surface area (Å²) < 4.78 is 0. The molecule has 1 amide bonds. The number of carbonyl (C=O) groups is 2. The maximum atomic E-state index is 12.5. The lowest BCUT2D eigenvalue weighted by atomic mass is 10.0. The van der Waals surface area contributed by atoms with Gasteiger partial charge in [-0.1, -0.05) is 12.1 Å². The van der Waals surface area contributed by atoms with E-state index in [2.05, 4.69) is 16.0 Å². The first-order valence-corrected chi connectivity index (χ1v) is 10.2. The third-order valence-electron chi connectivity index (χ3n) is 5.31. The van der Waals surface area contributed by atoms with Gasteiger partial charge in [-0.25, -0.2) is 4.98 Å². The minimum absolute atomic E-state index is 0.0782. The number of carbonyl (C=O) groups excluding carboxylic acids is 2. The number of amides is 1. The number of ketones is 1. The highest BCUT2D eigenvalue weighted by atomic mass is 32.1. The van der Waals surface area contributed by atoms with E-state index in [1.807, 2.05) is 28.6 Å². The van der Waals surface area contributed by atoms with Crippen molar-refractivity contribution in [3.05, 3.63) is 46.5 Å². The van der Waals surface area contributed by atoms with Crippen LogP contribution in [0.4, 0.5) is 5.13 Å². The van der Waals surface area contributed by atoms with Crippen LogP contribution in [0, 0.1) is 0 Å². The minimum atomic E-state index is 0.0782. The van der Waals surface area contributed by atoms with Gasteiger partial charge in [0, 0.05) is 56.2 Å².